The molecule has 1 N–H and O–H groups in total. The van der Waals surface area contributed by atoms with Crippen LogP contribution in [0.3, 0.4) is 0 Å². The zero-order valence-corrected chi connectivity index (χ0v) is 9.31. The summed E-state index contributed by atoms with van der Waals surface area (Å²) < 4.78 is 8.67. The summed E-state index contributed by atoms with van der Waals surface area (Å²) in [6.07, 6.45) is 3.25. The molecule has 0 saturated heterocycles. The number of rotatable bonds is 3. The molecule has 0 aliphatic heterocycles. The highest BCUT2D eigenvalue weighted by atomic mass is 32.2. The van der Waals surface area contributed by atoms with Crippen molar-refractivity contribution in [2.24, 2.45) is 0 Å². The largest absolute Gasteiger partial charge is 0.447 e. The molecule has 0 bridgehead atoms. The van der Waals surface area contributed by atoms with Crippen molar-refractivity contribution in [3.63, 3.8) is 0 Å². The number of hydrogen-bond acceptors (Lipinski definition) is 4. The van der Waals surface area contributed by atoms with Crippen molar-refractivity contribution in [2.45, 2.75) is 38.5 Å². The Bertz CT molecular complexity index is 241. The van der Waals surface area contributed by atoms with E-state index < -0.39 is 0 Å². The maximum atomic E-state index is 5.17. The smallest absolute Gasteiger partial charge is 0.211 e. The van der Waals surface area contributed by atoms with Crippen molar-refractivity contribution >= 4 is 11.9 Å². The summed E-state index contributed by atoms with van der Waals surface area (Å²) in [4.78, 5) is 4.07. The lowest BCUT2D eigenvalue weighted by Gasteiger charge is -2.19. The Morgan fingerprint density at radius 1 is 1.54 bits per heavy atom. The van der Waals surface area contributed by atoms with Gasteiger partial charge in [0.2, 0.25) is 5.89 Å². The first kappa shape index (κ1) is 10.6. The molecule has 1 aromatic heterocycles. The topological polar surface area (TPSA) is 38.1 Å². The summed E-state index contributed by atoms with van der Waals surface area (Å²) in [6, 6.07) is 0.152. The van der Waals surface area contributed by atoms with Gasteiger partial charge in [0.15, 0.2) is 0 Å². The highest BCUT2D eigenvalue weighted by Gasteiger charge is 2.15. The Kier molecular flexibility index (Phi) is 3.39. The van der Waals surface area contributed by atoms with E-state index in [0.29, 0.717) is 0 Å². The molecule has 3 nitrogen and oxygen atoms in total. The van der Waals surface area contributed by atoms with E-state index in [2.05, 4.69) is 30.5 Å². The van der Waals surface area contributed by atoms with Gasteiger partial charge in [0.05, 0.1) is 12.2 Å². The highest BCUT2D eigenvalue weighted by Crippen LogP contribution is 2.23. The van der Waals surface area contributed by atoms with E-state index in [1.807, 2.05) is 6.92 Å². The summed E-state index contributed by atoms with van der Waals surface area (Å²) >= 11 is 1.69. The minimum atomic E-state index is 0.152. The number of hydrogen-bond donors (Lipinski definition) is 1. The zero-order valence-electron chi connectivity index (χ0n) is 8.50. The van der Waals surface area contributed by atoms with Crippen LogP contribution in [0.1, 0.15) is 39.6 Å². The number of nitrogens with one attached hydrogen (secondary N) is 1. The molecule has 0 aliphatic rings. The van der Waals surface area contributed by atoms with Crippen molar-refractivity contribution in [2.75, 3.05) is 0 Å². The van der Waals surface area contributed by atoms with E-state index >= 15 is 0 Å². The molecule has 1 atom stereocenters. The maximum absolute atomic E-state index is 5.17. The lowest BCUT2D eigenvalue weighted by Crippen LogP contribution is -2.19. The molecule has 1 aromatic rings. The van der Waals surface area contributed by atoms with Gasteiger partial charge >= 0.3 is 0 Å². The molecular weight excluding hydrogens is 184 g/mol. The molecule has 0 spiro atoms. The Hall–Kier alpha value is -0.480. The molecular formula is C9H16N2OS. The molecule has 74 valence electrons. The van der Waals surface area contributed by atoms with Crippen molar-refractivity contribution < 1.29 is 4.42 Å². The average molecular weight is 200 g/mol. The van der Waals surface area contributed by atoms with Gasteiger partial charge in [0.1, 0.15) is 6.26 Å². The minimum Gasteiger partial charge on any atom is -0.447 e. The second-order valence-corrected chi connectivity index (χ2v) is 5.59. The molecule has 1 unspecified atom stereocenters. The highest BCUT2D eigenvalue weighted by molar-refractivity contribution is 7.98. The fourth-order valence-electron chi connectivity index (χ4n) is 0.764. The lowest BCUT2D eigenvalue weighted by atomic mass is 10.3. The SMILES string of the molecule is CC(NSC(C)(C)C)c1ncco1. The van der Waals surface area contributed by atoms with Crippen LogP contribution in [-0.2, 0) is 0 Å². The van der Waals surface area contributed by atoms with Gasteiger partial charge in [-0.3, -0.25) is 4.72 Å². The fourth-order valence-corrected chi connectivity index (χ4v) is 1.40. The molecule has 13 heavy (non-hydrogen) atoms. The molecule has 0 amide bonds. The van der Waals surface area contributed by atoms with Crippen LogP contribution in [0.15, 0.2) is 16.9 Å². The van der Waals surface area contributed by atoms with Crippen molar-refractivity contribution in [1.82, 2.24) is 9.71 Å². The second-order valence-electron chi connectivity index (χ2n) is 3.92. The molecule has 4 heteroatoms. The van der Waals surface area contributed by atoms with Gasteiger partial charge < -0.3 is 4.42 Å². The lowest BCUT2D eigenvalue weighted by molar-refractivity contribution is 0.452. The van der Waals surface area contributed by atoms with Crippen LogP contribution >= 0.6 is 11.9 Å². The molecule has 0 radical (unpaired) electrons. The third-order valence-electron chi connectivity index (χ3n) is 1.36. The van der Waals surface area contributed by atoms with Crippen LogP contribution in [0.4, 0.5) is 0 Å². The van der Waals surface area contributed by atoms with E-state index in [1.165, 1.54) is 0 Å². The van der Waals surface area contributed by atoms with E-state index in [1.54, 1.807) is 24.4 Å². The summed E-state index contributed by atoms with van der Waals surface area (Å²) in [6.45, 7) is 8.51. The number of nitrogens with zero attached hydrogens (tertiary/aromatic N) is 1. The van der Waals surface area contributed by atoms with Gasteiger partial charge in [-0.05, 0) is 27.7 Å². The first-order chi connectivity index (χ1) is 5.99. The summed E-state index contributed by atoms with van der Waals surface area (Å²) in [5, 5.41) is 0. The minimum absolute atomic E-state index is 0.152. The van der Waals surface area contributed by atoms with E-state index in [9.17, 15) is 0 Å². The first-order valence-electron chi connectivity index (χ1n) is 4.32. The van der Waals surface area contributed by atoms with Crippen LogP contribution < -0.4 is 4.72 Å². The number of oxazole rings is 1. The standard InChI is InChI=1S/C9H16N2OS/c1-7(8-10-5-6-12-8)11-13-9(2,3)4/h5-7,11H,1-4H3. The third kappa shape index (κ3) is 3.83. The van der Waals surface area contributed by atoms with E-state index in [-0.39, 0.29) is 10.8 Å². The summed E-state index contributed by atoms with van der Waals surface area (Å²) in [5.74, 6) is 0.733. The fraction of sp³-hybridized carbons (Fsp3) is 0.667. The van der Waals surface area contributed by atoms with Gasteiger partial charge in [0.25, 0.3) is 0 Å². The monoisotopic (exact) mass is 200 g/mol. The van der Waals surface area contributed by atoms with Crippen molar-refractivity contribution in [1.29, 1.82) is 0 Å². The Morgan fingerprint density at radius 3 is 2.69 bits per heavy atom. The van der Waals surface area contributed by atoms with Crippen LogP contribution in [0.25, 0.3) is 0 Å². The van der Waals surface area contributed by atoms with Gasteiger partial charge in [-0.2, -0.15) is 0 Å². The van der Waals surface area contributed by atoms with Crippen molar-refractivity contribution in [3.8, 4) is 0 Å². The zero-order chi connectivity index (χ0) is 9.90. The van der Waals surface area contributed by atoms with Crippen LogP contribution in [-0.4, -0.2) is 9.73 Å². The normalized spacial score (nSPS) is 14.5. The molecule has 1 rings (SSSR count). The molecule has 1 heterocycles. The van der Waals surface area contributed by atoms with Crippen molar-refractivity contribution in [3.05, 3.63) is 18.4 Å². The van der Waals surface area contributed by atoms with Gasteiger partial charge in [0, 0.05) is 4.75 Å². The number of aromatic nitrogens is 1. The van der Waals surface area contributed by atoms with E-state index in [4.69, 9.17) is 4.42 Å². The Morgan fingerprint density at radius 2 is 2.23 bits per heavy atom. The van der Waals surface area contributed by atoms with Crippen LogP contribution in [0.2, 0.25) is 0 Å². The average Bonchev–Trinajstić information content (AvgIpc) is 2.50. The summed E-state index contributed by atoms with van der Waals surface area (Å²) in [5.41, 5.74) is 0. The Balaban J connectivity index is 2.39. The van der Waals surface area contributed by atoms with E-state index in [0.717, 1.165) is 5.89 Å². The van der Waals surface area contributed by atoms with Crippen LogP contribution in [0.5, 0.6) is 0 Å². The molecule has 0 fully saturated rings. The van der Waals surface area contributed by atoms with Gasteiger partial charge in [-0.25, -0.2) is 4.98 Å². The predicted molar refractivity (Wildman–Crippen MR) is 55.4 cm³/mol. The third-order valence-corrected chi connectivity index (χ3v) is 2.45. The second kappa shape index (κ2) is 4.15. The summed E-state index contributed by atoms with van der Waals surface area (Å²) in [7, 11) is 0. The molecule has 0 aromatic carbocycles. The van der Waals surface area contributed by atoms with Crippen LogP contribution in [0, 0.1) is 0 Å². The first-order valence-corrected chi connectivity index (χ1v) is 5.13. The predicted octanol–water partition coefficient (Wildman–Crippen LogP) is 2.77. The van der Waals surface area contributed by atoms with Gasteiger partial charge in [-0.15, -0.1) is 0 Å². The molecule has 0 aliphatic carbocycles. The molecule has 0 saturated carbocycles. The van der Waals surface area contributed by atoms with Gasteiger partial charge in [-0.1, -0.05) is 11.9 Å². The maximum Gasteiger partial charge on any atom is 0.211 e. The Labute approximate surface area is 83.4 Å². The quantitative estimate of drug-likeness (QED) is 0.761.